The summed E-state index contributed by atoms with van der Waals surface area (Å²) < 4.78 is 10.6. The lowest BCUT2D eigenvalue weighted by molar-refractivity contribution is -0.111. The number of anilines is 2. The van der Waals surface area contributed by atoms with Crippen molar-refractivity contribution in [3.63, 3.8) is 0 Å². The zero-order valence-electron chi connectivity index (χ0n) is 18.1. The van der Waals surface area contributed by atoms with Crippen molar-refractivity contribution < 1.29 is 14.3 Å². The molecular formula is C26H25N3O3. The summed E-state index contributed by atoms with van der Waals surface area (Å²) in [6, 6.07) is 25.0. The van der Waals surface area contributed by atoms with Crippen molar-refractivity contribution in [2.45, 2.75) is 6.54 Å². The Labute approximate surface area is 188 Å². The highest BCUT2D eigenvalue weighted by Gasteiger charge is 2.10. The Kier molecular flexibility index (Phi) is 7.88. The monoisotopic (exact) mass is 427 g/mol. The van der Waals surface area contributed by atoms with Gasteiger partial charge in [0.1, 0.15) is 6.07 Å². The van der Waals surface area contributed by atoms with Gasteiger partial charge in [-0.05, 0) is 41.5 Å². The molecule has 0 aliphatic heterocycles. The Morgan fingerprint density at radius 3 is 2.56 bits per heavy atom. The average molecular weight is 428 g/mol. The van der Waals surface area contributed by atoms with Gasteiger partial charge in [0.25, 0.3) is 0 Å². The standard InChI is InChI=1S/C26H25N3O3/c1-29(19-21-8-4-3-5-9-21)23-11-7-6-10-22(23)28-26(30)15-13-20-12-14-24(32-17-16-27)25(18-20)31-2/h3-15,18H,17,19H2,1-2H3,(H,28,30)/b15-13+. The van der Waals surface area contributed by atoms with Gasteiger partial charge in [0.2, 0.25) is 5.91 Å². The number of hydrogen-bond donors (Lipinski definition) is 1. The van der Waals surface area contributed by atoms with Crippen LogP contribution in [0.5, 0.6) is 11.5 Å². The molecule has 0 aromatic heterocycles. The van der Waals surface area contributed by atoms with E-state index in [1.54, 1.807) is 24.3 Å². The molecule has 162 valence electrons. The van der Waals surface area contributed by atoms with E-state index in [9.17, 15) is 4.79 Å². The number of ether oxygens (including phenoxy) is 2. The van der Waals surface area contributed by atoms with Crippen LogP contribution in [0.1, 0.15) is 11.1 Å². The van der Waals surface area contributed by atoms with E-state index in [0.29, 0.717) is 11.5 Å². The number of carbonyl (C=O) groups is 1. The Morgan fingerprint density at radius 1 is 1.06 bits per heavy atom. The molecule has 0 saturated heterocycles. The SMILES string of the molecule is COc1cc(/C=C/C(=O)Nc2ccccc2N(C)Cc2ccccc2)ccc1OCC#N. The highest BCUT2D eigenvalue weighted by atomic mass is 16.5. The summed E-state index contributed by atoms with van der Waals surface area (Å²) in [4.78, 5) is 14.7. The van der Waals surface area contributed by atoms with E-state index in [4.69, 9.17) is 14.7 Å². The number of nitrogens with zero attached hydrogens (tertiary/aromatic N) is 2. The van der Waals surface area contributed by atoms with E-state index in [2.05, 4.69) is 22.3 Å². The molecule has 3 aromatic rings. The zero-order valence-corrected chi connectivity index (χ0v) is 18.1. The first-order valence-corrected chi connectivity index (χ1v) is 10.1. The van der Waals surface area contributed by atoms with Crippen LogP contribution in [0.3, 0.4) is 0 Å². The number of carbonyl (C=O) groups excluding carboxylic acids is 1. The van der Waals surface area contributed by atoms with Crippen LogP contribution >= 0.6 is 0 Å². The molecule has 0 aliphatic carbocycles. The van der Waals surface area contributed by atoms with Crippen LogP contribution in [0.4, 0.5) is 11.4 Å². The molecule has 1 N–H and O–H groups in total. The maximum Gasteiger partial charge on any atom is 0.248 e. The van der Waals surface area contributed by atoms with Crippen LogP contribution in [0.15, 0.2) is 78.9 Å². The molecule has 0 radical (unpaired) electrons. The van der Waals surface area contributed by atoms with Crippen LogP contribution in [0, 0.1) is 11.3 Å². The first-order chi connectivity index (χ1) is 15.6. The van der Waals surface area contributed by atoms with Gasteiger partial charge in [0.15, 0.2) is 18.1 Å². The molecule has 0 unspecified atom stereocenters. The summed E-state index contributed by atoms with van der Waals surface area (Å²) >= 11 is 0. The number of methoxy groups -OCH3 is 1. The lowest BCUT2D eigenvalue weighted by Gasteiger charge is -2.22. The van der Waals surface area contributed by atoms with Gasteiger partial charge in [-0.1, -0.05) is 48.5 Å². The molecular weight excluding hydrogens is 402 g/mol. The number of nitrogens with one attached hydrogen (secondary N) is 1. The highest BCUT2D eigenvalue weighted by molar-refractivity contribution is 6.03. The van der Waals surface area contributed by atoms with Crippen LogP contribution in [-0.2, 0) is 11.3 Å². The Balaban J connectivity index is 1.69. The summed E-state index contributed by atoms with van der Waals surface area (Å²) in [5.74, 6) is 0.732. The lowest BCUT2D eigenvalue weighted by Crippen LogP contribution is -2.19. The fourth-order valence-corrected chi connectivity index (χ4v) is 3.22. The summed E-state index contributed by atoms with van der Waals surface area (Å²) in [6.45, 7) is 0.662. The van der Waals surface area contributed by atoms with Crippen molar-refractivity contribution in [2.24, 2.45) is 0 Å². The first kappa shape index (κ1) is 22.4. The number of amides is 1. The van der Waals surface area contributed by atoms with E-state index < -0.39 is 0 Å². The highest BCUT2D eigenvalue weighted by Crippen LogP contribution is 2.29. The molecule has 0 atom stereocenters. The molecule has 32 heavy (non-hydrogen) atoms. The van der Waals surface area contributed by atoms with Gasteiger partial charge in [-0.2, -0.15) is 5.26 Å². The quantitative estimate of drug-likeness (QED) is 0.493. The minimum absolute atomic E-state index is 0.0634. The third-order valence-electron chi connectivity index (χ3n) is 4.74. The van der Waals surface area contributed by atoms with Crippen molar-refractivity contribution in [3.8, 4) is 17.6 Å². The topological polar surface area (TPSA) is 74.6 Å². The molecule has 6 heteroatoms. The Bertz CT molecular complexity index is 1120. The minimum Gasteiger partial charge on any atom is -0.493 e. The van der Waals surface area contributed by atoms with Gasteiger partial charge in [-0.25, -0.2) is 0 Å². The smallest absolute Gasteiger partial charge is 0.248 e. The average Bonchev–Trinajstić information content (AvgIpc) is 2.82. The van der Waals surface area contributed by atoms with Gasteiger partial charge < -0.3 is 19.7 Å². The molecule has 0 fully saturated rings. The molecule has 0 heterocycles. The number of rotatable bonds is 9. The van der Waals surface area contributed by atoms with Gasteiger partial charge in [0, 0.05) is 19.7 Å². The van der Waals surface area contributed by atoms with Crippen molar-refractivity contribution in [3.05, 3.63) is 90.0 Å². The predicted molar refractivity (Wildman–Crippen MR) is 127 cm³/mol. The zero-order chi connectivity index (χ0) is 22.8. The molecule has 0 saturated carbocycles. The maximum absolute atomic E-state index is 12.6. The van der Waals surface area contributed by atoms with Crippen LogP contribution < -0.4 is 19.7 Å². The lowest BCUT2D eigenvalue weighted by atomic mass is 10.1. The molecule has 0 spiro atoms. The number of nitriles is 1. The summed E-state index contributed by atoms with van der Waals surface area (Å²) in [7, 11) is 3.52. The van der Waals surface area contributed by atoms with Gasteiger partial charge in [0.05, 0.1) is 18.5 Å². The normalized spacial score (nSPS) is 10.4. The second-order valence-corrected chi connectivity index (χ2v) is 7.04. The molecule has 6 nitrogen and oxygen atoms in total. The molecule has 0 bridgehead atoms. The van der Waals surface area contributed by atoms with Gasteiger partial charge in [-0.3, -0.25) is 4.79 Å². The van der Waals surface area contributed by atoms with Crippen molar-refractivity contribution in [1.82, 2.24) is 0 Å². The maximum atomic E-state index is 12.6. The Hall–Kier alpha value is -4.24. The number of benzene rings is 3. The molecule has 0 aliphatic rings. The fraction of sp³-hybridized carbons (Fsp3) is 0.154. The summed E-state index contributed by atoms with van der Waals surface area (Å²) in [5.41, 5.74) is 3.63. The summed E-state index contributed by atoms with van der Waals surface area (Å²) in [6.07, 6.45) is 3.17. The summed E-state index contributed by atoms with van der Waals surface area (Å²) in [5, 5.41) is 11.6. The van der Waals surface area contributed by atoms with E-state index in [1.807, 2.05) is 55.6 Å². The van der Waals surface area contributed by atoms with E-state index in [0.717, 1.165) is 23.5 Å². The minimum atomic E-state index is -0.241. The second-order valence-electron chi connectivity index (χ2n) is 7.04. The van der Waals surface area contributed by atoms with Crippen LogP contribution in [0.25, 0.3) is 6.08 Å². The third-order valence-corrected chi connectivity index (χ3v) is 4.74. The predicted octanol–water partition coefficient (Wildman–Crippen LogP) is 4.89. The van der Waals surface area contributed by atoms with Crippen molar-refractivity contribution in [1.29, 1.82) is 5.26 Å². The van der Waals surface area contributed by atoms with Gasteiger partial charge >= 0.3 is 0 Å². The molecule has 3 aromatic carbocycles. The first-order valence-electron chi connectivity index (χ1n) is 10.1. The molecule has 1 amide bonds. The fourth-order valence-electron chi connectivity index (χ4n) is 3.22. The largest absolute Gasteiger partial charge is 0.493 e. The number of para-hydroxylation sites is 2. The van der Waals surface area contributed by atoms with E-state index >= 15 is 0 Å². The third kappa shape index (κ3) is 6.13. The second kappa shape index (κ2) is 11.2. The van der Waals surface area contributed by atoms with E-state index in [-0.39, 0.29) is 12.5 Å². The van der Waals surface area contributed by atoms with Crippen molar-refractivity contribution in [2.75, 3.05) is 31.0 Å². The van der Waals surface area contributed by atoms with Crippen molar-refractivity contribution >= 4 is 23.4 Å². The Morgan fingerprint density at radius 2 is 1.81 bits per heavy atom. The van der Waals surface area contributed by atoms with Gasteiger partial charge in [-0.15, -0.1) is 0 Å². The molecule has 3 rings (SSSR count). The van der Waals surface area contributed by atoms with E-state index in [1.165, 1.54) is 18.7 Å². The van der Waals surface area contributed by atoms with Crippen LogP contribution in [0.2, 0.25) is 0 Å². The number of hydrogen-bond acceptors (Lipinski definition) is 5. The van der Waals surface area contributed by atoms with Crippen LogP contribution in [-0.4, -0.2) is 26.7 Å².